The molecule has 0 rings (SSSR count). The number of aliphatic hydroxyl groups excluding tert-OH is 1. The highest BCUT2D eigenvalue weighted by atomic mass is 16.3. The van der Waals surface area contributed by atoms with Gasteiger partial charge in [0.15, 0.2) is 0 Å². The monoisotopic (exact) mass is 186 g/mol. The van der Waals surface area contributed by atoms with Crippen LogP contribution in [0.4, 0.5) is 0 Å². The number of ketones is 1. The first-order valence-electron chi connectivity index (χ1n) is 5.29. The van der Waals surface area contributed by atoms with E-state index in [2.05, 4.69) is 13.8 Å². The van der Waals surface area contributed by atoms with Crippen LogP contribution in [0.1, 0.15) is 52.9 Å². The van der Waals surface area contributed by atoms with Gasteiger partial charge in [-0.15, -0.1) is 0 Å². The molecule has 0 aliphatic heterocycles. The van der Waals surface area contributed by atoms with Gasteiger partial charge in [-0.3, -0.25) is 4.79 Å². The molecule has 0 heterocycles. The number of hydrogen-bond donors (Lipinski definition) is 1. The highest BCUT2D eigenvalue weighted by Crippen LogP contribution is 2.19. The summed E-state index contributed by atoms with van der Waals surface area (Å²) < 4.78 is 0. The molecule has 0 saturated heterocycles. The zero-order valence-electron chi connectivity index (χ0n) is 9.05. The molecule has 0 amide bonds. The predicted molar refractivity (Wildman–Crippen MR) is 54.6 cm³/mol. The summed E-state index contributed by atoms with van der Waals surface area (Å²) in [5.74, 6) is 0.395. The topological polar surface area (TPSA) is 37.3 Å². The van der Waals surface area contributed by atoms with Gasteiger partial charge in [-0.05, 0) is 19.3 Å². The summed E-state index contributed by atoms with van der Waals surface area (Å²) in [6.45, 7) is 5.75. The molecule has 0 unspecified atom stereocenters. The Hall–Kier alpha value is -0.370. The molecule has 78 valence electrons. The number of carbonyl (C=O) groups excluding carboxylic acids is 1. The lowest BCUT2D eigenvalue weighted by Crippen LogP contribution is -2.22. The van der Waals surface area contributed by atoms with E-state index >= 15 is 0 Å². The Morgan fingerprint density at radius 2 is 2.00 bits per heavy atom. The lowest BCUT2D eigenvalue weighted by Gasteiger charge is -2.20. The second-order valence-electron chi connectivity index (χ2n) is 3.78. The summed E-state index contributed by atoms with van der Waals surface area (Å²) in [5.41, 5.74) is 0. The molecular weight excluding hydrogens is 164 g/mol. The average Bonchev–Trinajstić information content (AvgIpc) is 2.04. The van der Waals surface area contributed by atoms with Crippen molar-refractivity contribution in [1.29, 1.82) is 0 Å². The van der Waals surface area contributed by atoms with E-state index in [9.17, 15) is 9.90 Å². The average molecular weight is 186 g/mol. The Kier molecular flexibility index (Phi) is 6.87. The molecule has 0 bridgehead atoms. The molecule has 0 spiro atoms. The maximum absolute atomic E-state index is 10.8. The Morgan fingerprint density at radius 1 is 1.38 bits per heavy atom. The van der Waals surface area contributed by atoms with Crippen molar-refractivity contribution in [3.63, 3.8) is 0 Å². The van der Waals surface area contributed by atoms with Crippen LogP contribution in [-0.4, -0.2) is 17.0 Å². The smallest absolute Gasteiger partial charge is 0.132 e. The minimum Gasteiger partial charge on any atom is -0.392 e. The lowest BCUT2D eigenvalue weighted by molar-refractivity contribution is -0.119. The van der Waals surface area contributed by atoms with Crippen molar-refractivity contribution in [1.82, 2.24) is 0 Å². The molecule has 2 heteroatoms. The summed E-state index contributed by atoms with van der Waals surface area (Å²) in [6.07, 6.45) is 4.21. The van der Waals surface area contributed by atoms with Crippen molar-refractivity contribution in [2.75, 3.05) is 0 Å². The Balaban J connectivity index is 3.83. The molecule has 0 fully saturated rings. The second-order valence-corrected chi connectivity index (χ2v) is 3.78. The van der Waals surface area contributed by atoms with Crippen molar-refractivity contribution >= 4 is 5.78 Å². The first-order chi connectivity index (χ1) is 6.11. The van der Waals surface area contributed by atoms with Crippen molar-refractivity contribution in [3.05, 3.63) is 0 Å². The molecule has 0 aliphatic rings. The number of aliphatic hydroxyl groups is 1. The molecule has 0 saturated carbocycles. The normalized spacial score (nSPS) is 15.4. The van der Waals surface area contributed by atoms with Crippen LogP contribution in [-0.2, 0) is 4.79 Å². The van der Waals surface area contributed by atoms with E-state index in [0.717, 1.165) is 25.7 Å². The summed E-state index contributed by atoms with van der Waals surface area (Å²) in [7, 11) is 0. The lowest BCUT2D eigenvalue weighted by atomic mass is 9.91. The standard InChI is InChI=1S/C11H22O2/c1-4-6-7-10(5-2)11(13)8-9(3)12/h10-11,13H,4-8H2,1-3H3/t10-,11-/m1/s1. The quantitative estimate of drug-likeness (QED) is 0.663. The highest BCUT2D eigenvalue weighted by molar-refractivity contribution is 5.75. The Labute approximate surface area is 81.3 Å². The molecule has 2 nitrogen and oxygen atoms in total. The van der Waals surface area contributed by atoms with Gasteiger partial charge in [-0.1, -0.05) is 33.1 Å². The third-order valence-corrected chi connectivity index (χ3v) is 2.49. The molecule has 0 aliphatic carbocycles. The van der Waals surface area contributed by atoms with Gasteiger partial charge < -0.3 is 5.11 Å². The number of unbranched alkanes of at least 4 members (excludes halogenated alkanes) is 1. The van der Waals surface area contributed by atoms with Crippen molar-refractivity contribution in [2.45, 2.75) is 59.0 Å². The van der Waals surface area contributed by atoms with Gasteiger partial charge in [0.2, 0.25) is 0 Å². The molecule has 0 aromatic carbocycles. The van der Waals surface area contributed by atoms with Crippen LogP contribution in [0.3, 0.4) is 0 Å². The van der Waals surface area contributed by atoms with Crippen LogP contribution in [0.15, 0.2) is 0 Å². The minimum absolute atomic E-state index is 0.0856. The summed E-state index contributed by atoms with van der Waals surface area (Å²) in [5, 5.41) is 9.69. The third kappa shape index (κ3) is 5.81. The van der Waals surface area contributed by atoms with E-state index in [1.807, 2.05) is 0 Å². The molecular formula is C11H22O2. The van der Waals surface area contributed by atoms with Crippen LogP contribution < -0.4 is 0 Å². The molecule has 1 N–H and O–H groups in total. The maximum atomic E-state index is 10.8. The van der Waals surface area contributed by atoms with Gasteiger partial charge in [0.1, 0.15) is 5.78 Å². The zero-order valence-corrected chi connectivity index (χ0v) is 9.05. The summed E-state index contributed by atoms with van der Waals surface area (Å²) in [4.78, 5) is 10.8. The van der Waals surface area contributed by atoms with E-state index in [-0.39, 0.29) is 5.78 Å². The van der Waals surface area contributed by atoms with Gasteiger partial charge in [0, 0.05) is 6.42 Å². The van der Waals surface area contributed by atoms with Crippen molar-refractivity contribution < 1.29 is 9.90 Å². The van der Waals surface area contributed by atoms with Crippen LogP contribution in [0.2, 0.25) is 0 Å². The van der Waals surface area contributed by atoms with Gasteiger partial charge in [-0.25, -0.2) is 0 Å². The maximum Gasteiger partial charge on any atom is 0.132 e. The molecule has 0 radical (unpaired) electrons. The largest absolute Gasteiger partial charge is 0.392 e. The fourth-order valence-corrected chi connectivity index (χ4v) is 1.60. The SMILES string of the molecule is CCCC[C@@H](CC)[C@H](O)CC(C)=O. The molecule has 0 aromatic heterocycles. The van der Waals surface area contributed by atoms with Gasteiger partial charge in [-0.2, -0.15) is 0 Å². The van der Waals surface area contributed by atoms with E-state index in [4.69, 9.17) is 0 Å². The predicted octanol–water partition coefficient (Wildman–Crippen LogP) is 2.54. The minimum atomic E-state index is -0.422. The fraction of sp³-hybridized carbons (Fsp3) is 0.909. The third-order valence-electron chi connectivity index (χ3n) is 2.49. The molecule has 0 aromatic rings. The Bertz CT molecular complexity index is 143. The van der Waals surface area contributed by atoms with E-state index in [1.54, 1.807) is 0 Å². The first-order valence-corrected chi connectivity index (χ1v) is 5.29. The van der Waals surface area contributed by atoms with E-state index in [0.29, 0.717) is 12.3 Å². The van der Waals surface area contributed by atoms with Crippen LogP contribution in [0.5, 0.6) is 0 Å². The summed E-state index contributed by atoms with van der Waals surface area (Å²) >= 11 is 0. The van der Waals surface area contributed by atoms with Gasteiger partial charge in [0.05, 0.1) is 6.10 Å². The van der Waals surface area contributed by atoms with Crippen LogP contribution in [0, 0.1) is 5.92 Å². The number of rotatable bonds is 7. The highest BCUT2D eigenvalue weighted by Gasteiger charge is 2.17. The number of carbonyl (C=O) groups is 1. The van der Waals surface area contributed by atoms with E-state index < -0.39 is 6.10 Å². The second kappa shape index (κ2) is 7.07. The number of Topliss-reactive ketones (excluding diaryl/α,β-unsaturated/α-hetero) is 1. The van der Waals surface area contributed by atoms with Crippen molar-refractivity contribution in [2.24, 2.45) is 5.92 Å². The van der Waals surface area contributed by atoms with Crippen molar-refractivity contribution in [3.8, 4) is 0 Å². The fourth-order valence-electron chi connectivity index (χ4n) is 1.60. The molecule has 13 heavy (non-hydrogen) atoms. The number of hydrogen-bond acceptors (Lipinski definition) is 2. The van der Waals surface area contributed by atoms with Crippen LogP contribution >= 0.6 is 0 Å². The molecule has 2 atom stereocenters. The first kappa shape index (κ1) is 12.6. The van der Waals surface area contributed by atoms with Gasteiger partial charge >= 0.3 is 0 Å². The van der Waals surface area contributed by atoms with Gasteiger partial charge in [0.25, 0.3) is 0 Å². The van der Waals surface area contributed by atoms with Crippen LogP contribution in [0.25, 0.3) is 0 Å². The van der Waals surface area contributed by atoms with E-state index in [1.165, 1.54) is 6.92 Å². The summed E-state index contributed by atoms with van der Waals surface area (Å²) in [6, 6.07) is 0. The zero-order chi connectivity index (χ0) is 10.3. The Morgan fingerprint density at radius 3 is 2.38 bits per heavy atom.